The third-order valence-corrected chi connectivity index (χ3v) is 4.74. The Kier molecular flexibility index (Phi) is 5.33. The Hall–Kier alpha value is -1.00. The van der Waals surface area contributed by atoms with Crippen molar-refractivity contribution in [2.75, 3.05) is 6.54 Å². The van der Waals surface area contributed by atoms with Gasteiger partial charge in [-0.1, -0.05) is 13.3 Å². The van der Waals surface area contributed by atoms with Crippen LogP contribution in [-0.4, -0.2) is 17.3 Å². The standard InChI is InChI=1S/C17H25F2NO/c1-3-13-4-6-17(21,7-5-13)11-20-12(2)14-8-15(18)10-16(19)9-14/h8-10,12-13,20-21H,3-7,11H2,1-2H3. The Morgan fingerprint density at radius 2 is 1.81 bits per heavy atom. The largest absolute Gasteiger partial charge is 0.389 e. The van der Waals surface area contributed by atoms with E-state index >= 15 is 0 Å². The third kappa shape index (κ3) is 4.48. The van der Waals surface area contributed by atoms with Crippen molar-refractivity contribution in [3.05, 3.63) is 35.4 Å². The van der Waals surface area contributed by atoms with E-state index in [2.05, 4.69) is 12.2 Å². The molecule has 1 aliphatic rings. The van der Waals surface area contributed by atoms with Crippen LogP contribution in [0, 0.1) is 17.6 Å². The summed E-state index contributed by atoms with van der Waals surface area (Å²) in [4.78, 5) is 0. The van der Waals surface area contributed by atoms with Crippen LogP contribution in [0.3, 0.4) is 0 Å². The zero-order valence-corrected chi connectivity index (χ0v) is 12.8. The summed E-state index contributed by atoms with van der Waals surface area (Å²) in [6, 6.07) is 3.34. The summed E-state index contributed by atoms with van der Waals surface area (Å²) in [5, 5.41) is 13.8. The number of nitrogens with one attached hydrogen (secondary N) is 1. The number of hydrogen-bond donors (Lipinski definition) is 2. The summed E-state index contributed by atoms with van der Waals surface area (Å²) >= 11 is 0. The van der Waals surface area contributed by atoms with Gasteiger partial charge in [-0.3, -0.25) is 0 Å². The van der Waals surface area contributed by atoms with Crippen LogP contribution in [-0.2, 0) is 0 Å². The molecule has 0 radical (unpaired) electrons. The summed E-state index contributed by atoms with van der Waals surface area (Å²) in [6.45, 7) is 4.51. The van der Waals surface area contributed by atoms with Crippen molar-refractivity contribution in [1.29, 1.82) is 0 Å². The Morgan fingerprint density at radius 1 is 1.24 bits per heavy atom. The summed E-state index contributed by atoms with van der Waals surface area (Å²) in [7, 11) is 0. The van der Waals surface area contributed by atoms with Crippen LogP contribution >= 0.6 is 0 Å². The Morgan fingerprint density at radius 3 is 2.33 bits per heavy atom. The lowest BCUT2D eigenvalue weighted by molar-refractivity contribution is -0.0103. The number of hydrogen-bond acceptors (Lipinski definition) is 2. The molecule has 1 aliphatic carbocycles. The van der Waals surface area contributed by atoms with E-state index < -0.39 is 17.2 Å². The molecule has 0 heterocycles. The molecule has 1 atom stereocenters. The van der Waals surface area contributed by atoms with E-state index in [-0.39, 0.29) is 6.04 Å². The first-order valence-corrected chi connectivity index (χ1v) is 7.83. The highest BCUT2D eigenvalue weighted by Crippen LogP contribution is 2.33. The molecule has 1 aromatic rings. The molecule has 1 unspecified atom stereocenters. The molecule has 0 saturated heterocycles. The number of aliphatic hydroxyl groups is 1. The molecule has 0 spiro atoms. The molecular weight excluding hydrogens is 272 g/mol. The zero-order chi connectivity index (χ0) is 15.5. The molecule has 1 fully saturated rings. The van der Waals surface area contributed by atoms with Gasteiger partial charge in [0, 0.05) is 18.7 Å². The van der Waals surface area contributed by atoms with Gasteiger partial charge in [0.25, 0.3) is 0 Å². The van der Waals surface area contributed by atoms with Gasteiger partial charge >= 0.3 is 0 Å². The highest BCUT2D eigenvalue weighted by atomic mass is 19.1. The first kappa shape index (κ1) is 16.4. The quantitative estimate of drug-likeness (QED) is 0.862. The average molecular weight is 297 g/mol. The first-order valence-electron chi connectivity index (χ1n) is 7.83. The molecule has 0 bridgehead atoms. The van der Waals surface area contributed by atoms with Crippen molar-refractivity contribution in [1.82, 2.24) is 5.32 Å². The lowest BCUT2D eigenvalue weighted by Gasteiger charge is -2.36. The third-order valence-electron chi connectivity index (χ3n) is 4.74. The average Bonchev–Trinajstić information content (AvgIpc) is 2.45. The van der Waals surface area contributed by atoms with Gasteiger partial charge in [0.2, 0.25) is 0 Å². The fourth-order valence-electron chi connectivity index (χ4n) is 3.09. The van der Waals surface area contributed by atoms with Crippen LogP contribution in [0.2, 0.25) is 0 Å². The molecule has 0 aliphatic heterocycles. The highest BCUT2D eigenvalue weighted by Gasteiger charge is 2.32. The maximum Gasteiger partial charge on any atom is 0.126 e. The molecule has 2 N–H and O–H groups in total. The molecule has 1 aromatic carbocycles. The van der Waals surface area contributed by atoms with Gasteiger partial charge < -0.3 is 10.4 Å². The van der Waals surface area contributed by atoms with Crippen molar-refractivity contribution in [3.63, 3.8) is 0 Å². The maximum atomic E-state index is 13.2. The van der Waals surface area contributed by atoms with Gasteiger partial charge in [-0.2, -0.15) is 0 Å². The Labute approximate surface area is 125 Å². The normalized spacial score (nSPS) is 27.6. The van der Waals surface area contributed by atoms with Gasteiger partial charge in [0.05, 0.1) is 5.60 Å². The summed E-state index contributed by atoms with van der Waals surface area (Å²) < 4.78 is 26.4. The Balaban J connectivity index is 1.90. The van der Waals surface area contributed by atoms with Crippen LogP contribution in [0.25, 0.3) is 0 Å². The van der Waals surface area contributed by atoms with Crippen molar-refractivity contribution in [2.45, 2.75) is 57.6 Å². The lowest BCUT2D eigenvalue weighted by Crippen LogP contribution is -2.44. The van der Waals surface area contributed by atoms with Gasteiger partial charge in [0.1, 0.15) is 11.6 Å². The number of rotatable bonds is 5. The zero-order valence-electron chi connectivity index (χ0n) is 12.8. The lowest BCUT2D eigenvalue weighted by atomic mass is 9.77. The van der Waals surface area contributed by atoms with Crippen LogP contribution in [0.5, 0.6) is 0 Å². The second-order valence-corrected chi connectivity index (χ2v) is 6.38. The van der Waals surface area contributed by atoms with Crippen molar-refractivity contribution >= 4 is 0 Å². The molecule has 4 heteroatoms. The highest BCUT2D eigenvalue weighted by molar-refractivity contribution is 5.21. The number of benzene rings is 1. The predicted octanol–water partition coefficient (Wildman–Crippen LogP) is 3.95. The fourth-order valence-corrected chi connectivity index (χ4v) is 3.09. The minimum Gasteiger partial charge on any atom is -0.389 e. The molecule has 21 heavy (non-hydrogen) atoms. The Bertz CT molecular complexity index is 450. The fraction of sp³-hybridized carbons (Fsp3) is 0.647. The van der Waals surface area contributed by atoms with Gasteiger partial charge in [-0.25, -0.2) is 8.78 Å². The van der Waals surface area contributed by atoms with Crippen LogP contribution in [0.1, 0.15) is 57.6 Å². The van der Waals surface area contributed by atoms with E-state index in [0.29, 0.717) is 12.1 Å². The molecule has 1 saturated carbocycles. The van der Waals surface area contributed by atoms with Crippen LogP contribution in [0.15, 0.2) is 18.2 Å². The molecule has 118 valence electrons. The van der Waals surface area contributed by atoms with E-state index in [1.54, 1.807) is 0 Å². The topological polar surface area (TPSA) is 32.3 Å². The van der Waals surface area contributed by atoms with Crippen LogP contribution in [0.4, 0.5) is 8.78 Å². The van der Waals surface area contributed by atoms with Gasteiger partial charge in [-0.15, -0.1) is 0 Å². The van der Waals surface area contributed by atoms with Crippen molar-refractivity contribution < 1.29 is 13.9 Å². The number of halogens is 2. The first-order chi connectivity index (χ1) is 9.92. The van der Waals surface area contributed by atoms with Gasteiger partial charge in [0.15, 0.2) is 0 Å². The second-order valence-electron chi connectivity index (χ2n) is 6.38. The van der Waals surface area contributed by atoms with Gasteiger partial charge in [-0.05, 0) is 56.2 Å². The van der Waals surface area contributed by atoms with E-state index in [9.17, 15) is 13.9 Å². The second kappa shape index (κ2) is 6.84. The molecule has 0 aromatic heterocycles. The SMILES string of the molecule is CCC1CCC(O)(CNC(C)c2cc(F)cc(F)c2)CC1. The van der Waals surface area contributed by atoms with Crippen molar-refractivity contribution in [2.24, 2.45) is 5.92 Å². The predicted molar refractivity (Wildman–Crippen MR) is 80.0 cm³/mol. The van der Waals surface area contributed by atoms with E-state index in [1.807, 2.05) is 6.92 Å². The van der Waals surface area contributed by atoms with Crippen LogP contribution < -0.4 is 5.32 Å². The van der Waals surface area contributed by atoms with Crippen molar-refractivity contribution in [3.8, 4) is 0 Å². The maximum absolute atomic E-state index is 13.2. The monoisotopic (exact) mass is 297 g/mol. The van der Waals surface area contributed by atoms with E-state index in [1.165, 1.54) is 18.6 Å². The molecule has 2 rings (SSSR count). The van der Waals surface area contributed by atoms with E-state index in [4.69, 9.17) is 0 Å². The molecular formula is C17H25F2NO. The summed E-state index contributed by atoms with van der Waals surface area (Å²) in [5.74, 6) is -0.415. The summed E-state index contributed by atoms with van der Waals surface area (Å²) in [5.41, 5.74) is -0.121. The van der Waals surface area contributed by atoms with E-state index in [0.717, 1.165) is 37.7 Å². The minimum atomic E-state index is -0.689. The molecule has 0 amide bonds. The summed E-state index contributed by atoms with van der Waals surface area (Å²) in [6.07, 6.45) is 4.86. The smallest absolute Gasteiger partial charge is 0.126 e. The molecule has 2 nitrogen and oxygen atoms in total. The minimum absolute atomic E-state index is 0.192.